The number of ether oxygens (including phenoxy) is 1. The number of aliphatic hydroxyl groups excluding tert-OH is 1. The average Bonchev–Trinajstić information content (AvgIpc) is 2.28. The molecule has 0 heterocycles. The van der Waals surface area contributed by atoms with Crippen molar-refractivity contribution in [3.8, 4) is 0 Å². The molecule has 2 unspecified atom stereocenters. The van der Waals surface area contributed by atoms with Gasteiger partial charge in [-0.25, -0.2) is 0 Å². The molecular weight excluding hydrogens is 200 g/mol. The van der Waals surface area contributed by atoms with E-state index in [1.165, 1.54) is 19.3 Å². The Kier molecular flexibility index (Phi) is 11.3. The number of unbranched alkanes of at least 4 members (excludes halogenated alkanes) is 3. The zero-order valence-electron chi connectivity index (χ0n) is 11.4. The molecule has 0 amide bonds. The lowest BCUT2D eigenvalue weighted by molar-refractivity contribution is 0.0208. The van der Waals surface area contributed by atoms with Crippen LogP contribution in [0.5, 0.6) is 0 Å². The Bertz CT molecular complexity index is 137. The lowest BCUT2D eigenvalue weighted by atomic mass is 9.97. The number of aliphatic hydroxyl groups is 1. The quantitative estimate of drug-likeness (QED) is 0.547. The predicted octanol–water partition coefficient (Wildman–Crippen LogP) is 3.77. The van der Waals surface area contributed by atoms with Gasteiger partial charge in [0.1, 0.15) is 0 Å². The van der Waals surface area contributed by atoms with Gasteiger partial charge in [-0.3, -0.25) is 0 Å². The largest absolute Gasteiger partial charge is 0.393 e. The molecule has 0 aromatic carbocycles. The van der Waals surface area contributed by atoms with Gasteiger partial charge in [-0.2, -0.15) is 0 Å². The Balaban J connectivity index is 3.47. The van der Waals surface area contributed by atoms with Crippen molar-refractivity contribution >= 4 is 0 Å². The SMILES string of the molecule is CCCCCCOCC(CC)C(O)CCC. The van der Waals surface area contributed by atoms with Crippen LogP contribution in [0.2, 0.25) is 0 Å². The van der Waals surface area contributed by atoms with Crippen LogP contribution in [0.3, 0.4) is 0 Å². The number of hydrogen-bond acceptors (Lipinski definition) is 2. The van der Waals surface area contributed by atoms with Crippen molar-refractivity contribution in [1.29, 1.82) is 0 Å². The van der Waals surface area contributed by atoms with E-state index in [0.29, 0.717) is 5.92 Å². The van der Waals surface area contributed by atoms with Crippen LogP contribution in [0.25, 0.3) is 0 Å². The van der Waals surface area contributed by atoms with Crippen LogP contribution in [0, 0.1) is 5.92 Å². The molecule has 98 valence electrons. The van der Waals surface area contributed by atoms with Gasteiger partial charge in [0.15, 0.2) is 0 Å². The second-order valence-electron chi connectivity index (χ2n) is 4.66. The highest BCUT2D eigenvalue weighted by Gasteiger charge is 2.16. The van der Waals surface area contributed by atoms with E-state index in [1.807, 2.05) is 0 Å². The zero-order chi connectivity index (χ0) is 12.2. The third kappa shape index (κ3) is 8.12. The van der Waals surface area contributed by atoms with Crippen molar-refractivity contribution in [3.05, 3.63) is 0 Å². The molecule has 0 aliphatic carbocycles. The Morgan fingerprint density at radius 1 is 1.00 bits per heavy atom. The minimum absolute atomic E-state index is 0.175. The average molecular weight is 230 g/mol. The summed E-state index contributed by atoms with van der Waals surface area (Å²) < 4.78 is 5.64. The van der Waals surface area contributed by atoms with Gasteiger partial charge in [0.2, 0.25) is 0 Å². The topological polar surface area (TPSA) is 29.5 Å². The standard InChI is InChI=1S/C14H30O2/c1-4-7-8-9-11-16-12-13(6-3)14(15)10-5-2/h13-15H,4-12H2,1-3H3. The summed E-state index contributed by atoms with van der Waals surface area (Å²) in [6, 6.07) is 0. The molecule has 0 bridgehead atoms. The van der Waals surface area contributed by atoms with E-state index in [9.17, 15) is 5.11 Å². The Morgan fingerprint density at radius 3 is 2.31 bits per heavy atom. The number of hydrogen-bond donors (Lipinski definition) is 1. The highest BCUT2D eigenvalue weighted by Crippen LogP contribution is 2.14. The lowest BCUT2D eigenvalue weighted by Gasteiger charge is -2.21. The lowest BCUT2D eigenvalue weighted by Crippen LogP contribution is -2.24. The van der Waals surface area contributed by atoms with Gasteiger partial charge in [0.05, 0.1) is 12.7 Å². The Morgan fingerprint density at radius 2 is 1.75 bits per heavy atom. The van der Waals surface area contributed by atoms with Crippen molar-refractivity contribution in [2.45, 2.75) is 71.8 Å². The van der Waals surface area contributed by atoms with E-state index in [4.69, 9.17) is 4.74 Å². The molecule has 0 aromatic heterocycles. The second-order valence-corrected chi connectivity index (χ2v) is 4.66. The zero-order valence-corrected chi connectivity index (χ0v) is 11.4. The summed E-state index contributed by atoms with van der Waals surface area (Å²) in [5.74, 6) is 0.325. The summed E-state index contributed by atoms with van der Waals surface area (Å²) >= 11 is 0. The summed E-state index contributed by atoms with van der Waals surface area (Å²) in [6.45, 7) is 8.04. The van der Waals surface area contributed by atoms with Gasteiger partial charge in [0.25, 0.3) is 0 Å². The molecule has 0 radical (unpaired) electrons. The first kappa shape index (κ1) is 15.9. The van der Waals surface area contributed by atoms with Crippen LogP contribution in [0.1, 0.15) is 65.7 Å². The van der Waals surface area contributed by atoms with Crippen LogP contribution >= 0.6 is 0 Å². The molecule has 2 atom stereocenters. The van der Waals surface area contributed by atoms with E-state index < -0.39 is 0 Å². The molecule has 0 aliphatic rings. The van der Waals surface area contributed by atoms with Gasteiger partial charge >= 0.3 is 0 Å². The normalized spacial score (nSPS) is 15.0. The van der Waals surface area contributed by atoms with Crippen LogP contribution in [-0.4, -0.2) is 24.4 Å². The smallest absolute Gasteiger partial charge is 0.0590 e. The summed E-state index contributed by atoms with van der Waals surface area (Å²) in [6.07, 6.45) is 7.79. The number of rotatable bonds is 11. The maximum Gasteiger partial charge on any atom is 0.0590 e. The minimum atomic E-state index is -0.175. The van der Waals surface area contributed by atoms with Gasteiger partial charge in [0, 0.05) is 12.5 Å². The van der Waals surface area contributed by atoms with E-state index >= 15 is 0 Å². The summed E-state index contributed by atoms with van der Waals surface area (Å²) in [4.78, 5) is 0. The van der Waals surface area contributed by atoms with Crippen molar-refractivity contribution < 1.29 is 9.84 Å². The molecule has 0 fully saturated rings. The van der Waals surface area contributed by atoms with Crippen LogP contribution in [0.4, 0.5) is 0 Å². The molecule has 16 heavy (non-hydrogen) atoms. The highest BCUT2D eigenvalue weighted by molar-refractivity contribution is 4.66. The minimum Gasteiger partial charge on any atom is -0.393 e. The fourth-order valence-corrected chi connectivity index (χ4v) is 1.90. The van der Waals surface area contributed by atoms with E-state index in [-0.39, 0.29) is 6.10 Å². The third-order valence-electron chi connectivity index (χ3n) is 3.13. The van der Waals surface area contributed by atoms with Crippen LogP contribution in [0.15, 0.2) is 0 Å². The molecule has 0 aliphatic heterocycles. The van der Waals surface area contributed by atoms with Crippen molar-refractivity contribution in [1.82, 2.24) is 0 Å². The molecule has 0 spiro atoms. The molecular formula is C14H30O2. The fourth-order valence-electron chi connectivity index (χ4n) is 1.90. The molecule has 2 nitrogen and oxygen atoms in total. The van der Waals surface area contributed by atoms with E-state index in [2.05, 4.69) is 20.8 Å². The maximum atomic E-state index is 9.87. The fraction of sp³-hybridized carbons (Fsp3) is 1.00. The Hall–Kier alpha value is -0.0800. The first-order valence-electron chi connectivity index (χ1n) is 7.01. The highest BCUT2D eigenvalue weighted by atomic mass is 16.5. The van der Waals surface area contributed by atoms with Crippen LogP contribution in [-0.2, 0) is 4.74 Å². The molecule has 2 heteroatoms. The first-order chi connectivity index (χ1) is 7.76. The molecule has 0 aromatic rings. The van der Waals surface area contributed by atoms with E-state index in [1.54, 1.807) is 0 Å². The summed E-state index contributed by atoms with van der Waals surface area (Å²) in [5.41, 5.74) is 0. The summed E-state index contributed by atoms with van der Waals surface area (Å²) in [5, 5.41) is 9.87. The molecule has 0 saturated carbocycles. The van der Waals surface area contributed by atoms with Crippen molar-refractivity contribution in [3.63, 3.8) is 0 Å². The van der Waals surface area contributed by atoms with Gasteiger partial charge < -0.3 is 9.84 Å². The van der Waals surface area contributed by atoms with Gasteiger partial charge in [-0.1, -0.05) is 46.5 Å². The Labute approximate surface area is 101 Å². The van der Waals surface area contributed by atoms with E-state index in [0.717, 1.165) is 38.9 Å². The van der Waals surface area contributed by atoms with Crippen LogP contribution < -0.4 is 0 Å². The molecule has 0 rings (SSSR count). The molecule has 1 N–H and O–H groups in total. The molecule has 0 saturated heterocycles. The summed E-state index contributed by atoms with van der Waals surface area (Å²) in [7, 11) is 0. The maximum absolute atomic E-state index is 9.87. The first-order valence-corrected chi connectivity index (χ1v) is 7.01. The van der Waals surface area contributed by atoms with Crippen molar-refractivity contribution in [2.24, 2.45) is 5.92 Å². The predicted molar refractivity (Wildman–Crippen MR) is 69.7 cm³/mol. The monoisotopic (exact) mass is 230 g/mol. The second kappa shape index (κ2) is 11.4. The van der Waals surface area contributed by atoms with Crippen molar-refractivity contribution in [2.75, 3.05) is 13.2 Å². The third-order valence-corrected chi connectivity index (χ3v) is 3.13. The van der Waals surface area contributed by atoms with Gasteiger partial charge in [-0.05, 0) is 19.3 Å². The van der Waals surface area contributed by atoms with Gasteiger partial charge in [-0.15, -0.1) is 0 Å².